The molecule has 0 spiro atoms. The molecule has 0 saturated heterocycles. The molecule has 1 amide bonds. The van der Waals surface area contributed by atoms with Crippen molar-refractivity contribution in [3.63, 3.8) is 0 Å². The van der Waals surface area contributed by atoms with Crippen LogP contribution in [-0.4, -0.2) is 25.1 Å². The molecule has 0 bridgehead atoms. The van der Waals surface area contributed by atoms with Gasteiger partial charge in [0.15, 0.2) is 17.2 Å². The van der Waals surface area contributed by atoms with Crippen LogP contribution in [0.3, 0.4) is 0 Å². The Bertz CT molecular complexity index is 956. The fourth-order valence-corrected chi connectivity index (χ4v) is 2.55. The Hall–Kier alpha value is -2.70. The summed E-state index contributed by atoms with van der Waals surface area (Å²) in [5.41, 5.74) is 1.28. The third-order valence-electron chi connectivity index (χ3n) is 3.54. The number of hydrogen-bond acceptors (Lipinski definition) is 5. The van der Waals surface area contributed by atoms with Gasteiger partial charge in [0.05, 0.1) is 24.3 Å². The average Bonchev–Trinajstić information content (AvgIpc) is 3.14. The monoisotopic (exact) mass is 392 g/mol. The van der Waals surface area contributed by atoms with Crippen molar-refractivity contribution in [3.05, 3.63) is 58.4 Å². The van der Waals surface area contributed by atoms with Crippen molar-refractivity contribution in [1.29, 1.82) is 0 Å². The first kappa shape index (κ1) is 18.1. The average molecular weight is 393 g/mol. The van der Waals surface area contributed by atoms with Crippen molar-refractivity contribution in [1.82, 2.24) is 4.98 Å². The van der Waals surface area contributed by atoms with Crippen LogP contribution in [-0.2, 0) is 0 Å². The minimum atomic E-state index is -0.424. The van der Waals surface area contributed by atoms with Crippen LogP contribution in [0.5, 0.6) is 11.5 Å². The number of nitrogens with zero attached hydrogens (tertiary/aromatic N) is 1. The van der Waals surface area contributed by atoms with E-state index >= 15 is 0 Å². The van der Waals surface area contributed by atoms with Gasteiger partial charge in [-0.1, -0.05) is 23.2 Å². The standard InChI is InChI=1S/C18H14Cl2N2O4/c1-24-15-6-4-11(8-16(15)25-2)21-17(23)14-9-26-18(22-14)10-3-5-12(19)13(20)7-10/h3-9H,1-2H3,(H,21,23). The predicted molar refractivity (Wildman–Crippen MR) is 99.5 cm³/mol. The Labute approximate surface area is 159 Å². The number of benzene rings is 2. The van der Waals surface area contributed by atoms with E-state index in [1.165, 1.54) is 20.5 Å². The zero-order valence-corrected chi connectivity index (χ0v) is 15.4. The number of hydrogen-bond donors (Lipinski definition) is 1. The molecule has 8 heteroatoms. The van der Waals surface area contributed by atoms with E-state index in [1.807, 2.05) is 0 Å². The van der Waals surface area contributed by atoms with Gasteiger partial charge < -0.3 is 19.2 Å². The first-order valence-corrected chi connectivity index (χ1v) is 8.21. The van der Waals surface area contributed by atoms with E-state index in [4.69, 9.17) is 37.1 Å². The number of nitrogens with one attached hydrogen (secondary N) is 1. The fourth-order valence-electron chi connectivity index (χ4n) is 2.25. The third-order valence-corrected chi connectivity index (χ3v) is 4.28. The molecule has 3 aromatic rings. The topological polar surface area (TPSA) is 73.6 Å². The number of methoxy groups -OCH3 is 2. The maximum absolute atomic E-state index is 12.4. The summed E-state index contributed by atoms with van der Waals surface area (Å²) in [6.45, 7) is 0. The van der Waals surface area contributed by atoms with Gasteiger partial charge in [0, 0.05) is 17.3 Å². The van der Waals surface area contributed by atoms with Gasteiger partial charge >= 0.3 is 0 Å². The Balaban J connectivity index is 1.79. The number of ether oxygens (including phenoxy) is 2. The lowest BCUT2D eigenvalue weighted by molar-refractivity contribution is 0.102. The maximum atomic E-state index is 12.4. The number of oxazole rings is 1. The predicted octanol–water partition coefficient (Wildman–Crippen LogP) is 4.92. The van der Waals surface area contributed by atoms with E-state index < -0.39 is 5.91 Å². The minimum absolute atomic E-state index is 0.126. The van der Waals surface area contributed by atoms with Gasteiger partial charge in [-0.15, -0.1) is 0 Å². The summed E-state index contributed by atoms with van der Waals surface area (Å²) in [5.74, 6) is 0.907. The van der Waals surface area contributed by atoms with Crippen LogP contribution in [0.4, 0.5) is 5.69 Å². The number of halogens is 2. The second kappa shape index (κ2) is 7.68. The van der Waals surface area contributed by atoms with Crippen LogP contribution < -0.4 is 14.8 Å². The van der Waals surface area contributed by atoms with Crippen molar-refractivity contribution in [2.45, 2.75) is 0 Å². The van der Waals surface area contributed by atoms with Gasteiger partial charge in [-0.2, -0.15) is 0 Å². The highest BCUT2D eigenvalue weighted by Gasteiger charge is 2.15. The molecule has 134 valence electrons. The van der Waals surface area contributed by atoms with Crippen LogP contribution in [0.25, 0.3) is 11.5 Å². The lowest BCUT2D eigenvalue weighted by atomic mass is 10.2. The largest absolute Gasteiger partial charge is 0.493 e. The summed E-state index contributed by atoms with van der Waals surface area (Å²) < 4.78 is 15.7. The summed E-state index contributed by atoms with van der Waals surface area (Å²) in [6.07, 6.45) is 1.27. The molecule has 0 atom stereocenters. The first-order valence-electron chi connectivity index (χ1n) is 7.46. The van der Waals surface area contributed by atoms with Crippen molar-refractivity contribution in [2.75, 3.05) is 19.5 Å². The molecule has 1 heterocycles. The molecular formula is C18H14Cl2N2O4. The molecule has 3 rings (SSSR count). The number of carbonyl (C=O) groups is 1. The zero-order valence-electron chi connectivity index (χ0n) is 13.9. The summed E-state index contributed by atoms with van der Waals surface area (Å²) in [4.78, 5) is 16.6. The van der Waals surface area contributed by atoms with Gasteiger partial charge in [0.25, 0.3) is 5.91 Å². The molecule has 0 aliphatic carbocycles. The van der Waals surface area contributed by atoms with Crippen LogP contribution in [0.15, 0.2) is 47.1 Å². The molecule has 0 aliphatic heterocycles. The smallest absolute Gasteiger partial charge is 0.277 e. The molecule has 2 aromatic carbocycles. The Morgan fingerprint density at radius 2 is 1.81 bits per heavy atom. The van der Waals surface area contributed by atoms with Crippen molar-refractivity contribution in [2.24, 2.45) is 0 Å². The van der Waals surface area contributed by atoms with Gasteiger partial charge in [-0.25, -0.2) is 4.98 Å². The minimum Gasteiger partial charge on any atom is -0.493 e. The summed E-state index contributed by atoms with van der Waals surface area (Å²) in [7, 11) is 3.06. The van der Waals surface area contributed by atoms with Crippen LogP contribution in [0, 0.1) is 0 Å². The molecule has 26 heavy (non-hydrogen) atoms. The third kappa shape index (κ3) is 3.76. The molecule has 6 nitrogen and oxygen atoms in total. The van der Waals surface area contributed by atoms with E-state index in [0.29, 0.717) is 32.8 Å². The number of amides is 1. The molecule has 0 aliphatic rings. The van der Waals surface area contributed by atoms with Crippen molar-refractivity contribution in [3.8, 4) is 23.0 Å². The Morgan fingerprint density at radius 1 is 1.04 bits per heavy atom. The number of rotatable bonds is 5. The maximum Gasteiger partial charge on any atom is 0.277 e. The summed E-state index contributed by atoms with van der Waals surface area (Å²) >= 11 is 11.9. The summed E-state index contributed by atoms with van der Waals surface area (Å²) in [5, 5.41) is 3.52. The second-order valence-electron chi connectivity index (χ2n) is 5.19. The Kier molecular flexibility index (Phi) is 5.35. The van der Waals surface area contributed by atoms with Gasteiger partial charge in [0.2, 0.25) is 5.89 Å². The SMILES string of the molecule is COc1ccc(NC(=O)c2coc(-c3ccc(Cl)c(Cl)c3)n2)cc1OC. The molecule has 0 radical (unpaired) electrons. The van der Waals surface area contributed by atoms with Crippen molar-refractivity contribution >= 4 is 34.8 Å². The van der Waals surface area contributed by atoms with E-state index in [2.05, 4.69) is 10.3 Å². The van der Waals surface area contributed by atoms with Crippen molar-refractivity contribution < 1.29 is 18.7 Å². The van der Waals surface area contributed by atoms with Crippen LogP contribution in [0.2, 0.25) is 10.0 Å². The van der Waals surface area contributed by atoms with Gasteiger partial charge in [0.1, 0.15) is 6.26 Å². The lowest BCUT2D eigenvalue weighted by Gasteiger charge is -2.09. The fraction of sp³-hybridized carbons (Fsp3) is 0.111. The second-order valence-corrected chi connectivity index (χ2v) is 6.01. The number of aromatic nitrogens is 1. The Morgan fingerprint density at radius 3 is 2.50 bits per heavy atom. The molecule has 0 fully saturated rings. The molecular weight excluding hydrogens is 379 g/mol. The van der Waals surface area contributed by atoms with Crippen LogP contribution >= 0.6 is 23.2 Å². The van der Waals surface area contributed by atoms with Gasteiger partial charge in [-0.05, 0) is 30.3 Å². The van der Waals surface area contributed by atoms with Crippen LogP contribution in [0.1, 0.15) is 10.5 Å². The first-order chi connectivity index (χ1) is 12.5. The molecule has 0 unspecified atom stereocenters. The number of carbonyl (C=O) groups excluding carboxylic acids is 1. The quantitative estimate of drug-likeness (QED) is 0.666. The van der Waals surface area contributed by atoms with E-state index in [0.717, 1.165) is 0 Å². The highest BCUT2D eigenvalue weighted by Crippen LogP contribution is 2.30. The highest BCUT2D eigenvalue weighted by atomic mass is 35.5. The summed E-state index contributed by atoms with van der Waals surface area (Å²) in [6, 6.07) is 9.99. The normalized spacial score (nSPS) is 10.5. The zero-order chi connectivity index (χ0) is 18.7. The lowest BCUT2D eigenvalue weighted by Crippen LogP contribution is -2.12. The molecule has 1 N–H and O–H groups in total. The molecule has 0 saturated carbocycles. The molecule has 1 aromatic heterocycles. The van der Waals surface area contributed by atoms with E-state index in [9.17, 15) is 4.79 Å². The van der Waals surface area contributed by atoms with E-state index in [-0.39, 0.29) is 11.6 Å². The highest BCUT2D eigenvalue weighted by molar-refractivity contribution is 6.42. The van der Waals surface area contributed by atoms with Gasteiger partial charge in [-0.3, -0.25) is 4.79 Å². The number of anilines is 1. The van der Waals surface area contributed by atoms with E-state index in [1.54, 1.807) is 36.4 Å².